The fourth-order valence-corrected chi connectivity index (χ4v) is 3.62. The van der Waals surface area contributed by atoms with Gasteiger partial charge in [-0.25, -0.2) is 14.8 Å². The van der Waals surface area contributed by atoms with Crippen molar-refractivity contribution in [3.05, 3.63) is 30.5 Å². The highest BCUT2D eigenvalue weighted by atomic mass is 16.2. The molecular weight excluding hydrogens is 304 g/mol. The first-order valence-electron chi connectivity index (χ1n) is 8.32. The first-order valence-corrected chi connectivity index (χ1v) is 8.32. The molecule has 0 spiro atoms. The molecule has 0 bridgehead atoms. The first-order chi connectivity index (χ1) is 11.6. The Morgan fingerprint density at radius 1 is 1.33 bits per heavy atom. The Labute approximate surface area is 140 Å². The lowest BCUT2D eigenvalue weighted by molar-refractivity contribution is 0.138. The van der Waals surface area contributed by atoms with Gasteiger partial charge in [-0.15, -0.1) is 0 Å². The molecule has 2 amide bonds. The standard InChI is InChI=1S/C17H22N6O/c1-11-5-7-22(17(24)21(2)3)10-13(11)16-20-9-12-8-19-15-14(23(12)16)4-6-18-15/h4,6,8-9,11,13,18H,5,7,10H2,1-3H3/t11-,13+/m0/s1. The van der Waals surface area contributed by atoms with Crippen LogP contribution in [0.1, 0.15) is 25.1 Å². The average Bonchev–Trinajstić information content (AvgIpc) is 3.20. The van der Waals surface area contributed by atoms with Crippen LogP contribution in [-0.2, 0) is 0 Å². The topological polar surface area (TPSA) is 69.5 Å². The van der Waals surface area contributed by atoms with E-state index in [0.29, 0.717) is 12.5 Å². The number of hydrogen-bond acceptors (Lipinski definition) is 3. The molecule has 126 valence electrons. The molecular formula is C17H22N6O. The lowest BCUT2D eigenvalue weighted by Gasteiger charge is -2.37. The third-order valence-corrected chi connectivity index (χ3v) is 5.03. The molecule has 4 rings (SSSR count). The number of likely N-dealkylation sites (tertiary alicyclic amines) is 1. The molecule has 1 saturated heterocycles. The van der Waals surface area contributed by atoms with E-state index < -0.39 is 0 Å². The van der Waals surface area contributed by atoms with Gasteiger partial charge in [0.1, 0.15) is 5.82 Å². The zero-order valence-electron chi connectivity index (χ0n) is 14.2. The number of H-pyrrole nitrogens is 1. The van der Waals surface area contributed by atoms with Gasteiger partial charge < -0.3 is 14.8 Å². The Morgan fingerprint density at radius 3 is 2.92 bits per heavy atom. The second-order valence-electron chi connectivity index (χ2n) is 6.84. The summed E-state index contributed by atoms with van der Waals surface area (Å²) in [5.41, 5.74) is 2.87. The van der Waals surface area contributed by atoms with E-state index in [1.165, 1.54) is 0 Å². The summed E-state index contributed by atoms with van der Waals surface area (Å²) in [6, 6.07) is 2.10. The highest BCUT2D eigenvalue weighted by Gasteiger charge is 2.33. The van der Waals surface area contributed by atoms with Crippen molar-refractivity contribution in [2.45, 2.75) is 19.3 Å². The Morgan fingerprint density at radius 2 is 2.12 bits per heavy atom. The maximum absolute atomic E-state index is 12.4. The van der Waals surface area contributed by atoms with E-state index in [4.69, 9.17) is 4.98 Å². The number of imidazole rings is 1. The minimum atomic E-state index is 0.0706. The normalized spacial score (nSPS) is 21.5. The summed E-state index contributed by atoms with van der Waals surface area (Å²) < 4.78 is 2.17. The first kappa shape index (κ1) is 15.0. The van der Waals surface area contributed by atoms with E-state index in [1.807, 2.05) is 29.6 Å². The van der Waals surface area contributed by atoms with Crippen LogP contribution >= 0.6 is 0 Å². The van der Waals surface area contributed by atoms with Crippen LogP contribution in [-0.4, -0.2) is 62.4 Å². The Kier molecular flexibility index (Phi) is 3.44. The minimum absolute atomic E-state index is 0.0706. The van der Waals surface area contributed by atoms with Crippen molar-refractivity contribution in [2.24, 2.45) is 5.92 Å². The molecule has 0 radical (unpaired) electrons. The van der Waals surface area contributed by atoms with Gasteiger partial charge in [-0.05, 0) is 18.4 Å². The molecule has 0 saturated carbocycles. The van der Waals surface area contributed by atoms with Crippen LogP contribution in [0.3, 0.4) is 0 Å². The number of aromatic amines is 1. The van der Waals surface area contributed by atoms with E-state index in [9.17, 15) is 4.79 Å². The molecule has 4 heterocycles. The van der Waals surface area contributed by atoms with E-state index in [0.717, 1.165) is 35.5 Å². The Hall–Kier alpha value is -2.57. The van der Waals surface area contributed by atoms with E-state index in [2.05, 4.69) is 21.3 Å². The van der Waals surface area contributed by atoms with Crippen molar-refractivity contribution in [1.82, 2.24) is 29.2 Å². The third kappa shape index (κ3) is 2.23. The minimum Gasteiger partial charge on any atom is -0.345 e. The van der Waals surface area contributed by atoms with Gasteiger partial charge in [0.25, 0.3) is 0 Å². The van der Waals surface area contributed by atoms with Crippen molar-refractivity contribution in [3.8, 4) is 0 Å². The molecule has 1 aliphatic rings. The fraction of sp³-hybridized carbons (Fsp3) is 0.471. The average molecular weight is 326 g/mol. The highest BCUT2D eigenvalue weighted by Crippen LogP contribution is 2.33. The number of carbonyl (C=O) groups is 1. The van der Waals surface area contributed by atoms with Gasteiger partial charge in [-0.1, -0.05) is 6.92 Å². The van der Waals surface area contributed by atoms with Crippen molar-refractivity contribution >= 4 is 22.7 Å². The molecule has 0 aliphatic carbocycles. The van der Waals surface area contributed by atoms with Gasteiger partial charge in [0.2, 0.25) is 0 Å². The number of fused-ring (bicyclic) bond motifs is 3. The van der Waals surface area contributed by atoms with E-state index in [-0.39, 0.29) is 11.9 Å². The van der Waals surface area contributed by atoms with Crippen molar-refractivity contribution < 1.29 is 4.79 Å². The summed E-state index contributed by atoms with van der Waals surface area (Å²) in [5.74, 6) is 1.70. The zero-order chi connectivity index (χ0) is 16.8. The summed E-state index contributed by atoms with van der Waals surface area (Å²) >= 11 is 0. The van der Waals surface area contributed by atoms with Crippen LogP contribution in [0.5, 0.6) is 0 Å². The monoisotopic (exact) mass is 326 g/mol. The highest BCUT2D eigenvalue weighted by molar-refractivity contribution is 5.76. The summed E-state index contributed by atoms with van der Waals surface area (Å²) in [5, 5.41) is 0. The van der Waals surface area contributed by atoms with Crippen LogP contribution in [0.25, 0.3) is 16.7 Å². The molecule has 0 aromatic carbocycles. The third-order valence-electron chi connectivity index (χ3n) is 5.03. The molecule has 3 aromatic rings. The second kappa shape index (κ2) is 5.51. The number of carbonyl (C=O) groups excluding carboxylic acids is 1. The van der Waals surface area contributed by atoms with Gasteiger partial charge in [0.05, 0.1) is 23.4 Å². The van der Waals surface area contributed by atoms with Crippen LogP contribution in [0.15, 0.2) is 24.7 Å². The maximum Gasteiger partial charge on any atom is 0.319 e. The number of hydrogen-bond donors (Lipinski definition) is 1. The number of piperidine rings is 1. The van der Waals surface area contributed by atoms with E-state index >= 15 is 0 Å². The number of rotatable bonds is 1. The summed E-state index contributed by atoms with van der Waals surface area (Å²) in [4.78, 5) is 28.2. The van der Waals surface area contributed by atoms with Crippen molar-refractivity contribution in [2.75, 3.05) is 27.2 Å². The maximum atomic E-state index is 12.4. The van der Waals surface area contributed by atoms with Crippen LogP contribution in [0, 0.1) is 5.92 Å². The molecule has 2 atom stereocenters. The molecule has 7 heteroatoms. The molecule has 3 aromatic heterocycles. The predicted octanol–water partition coefficient (Wildman–Crippen LogP) is 2.32. The number of nitrogens with zero attached hydrogens (tertiary/aromatic N) is 5. The Bertz CT molecular complexity index is 895. The molecule has 1 N–H and O–H groups in total. The Balaban J connectivity index is 1.78. The van der Waals surface area contributed by atoms with Crippen molar-refractivity contribution in [1.29, 1.82) is 0 Å². The van der Waals surface area contributed by atoms with Crippen LogP contribution in [0.4, 0.5) is 4.79 Å². The predicted molar refractivity (Wildman–Crippen MR) is 92.0 cm³/mol. The van der Waals surface area contributed by atoms with Crippen LogP contribution in [0.2, 0.25) is 0 Å². The summed E-state index contributed by atoms with van der Waals surface area (Å²) in [6.07, 6.45) is 6.59. The number of amides is 2. The van der Waals surface area contributed by atoms with E-state index in [1.54, 1.807) is 19.0 Å². The molecule has 24 heavy (non-hydrogen) atoms. The second-order valence-corrected chi connectivity index (χ2v) is 6.84. The quantitative estimate of drug-likeness (QED) is 0.746. The molecule has 1 aliphatic heterocycles. The van der Waals surface area contributed by atoms with Gasteiger partial charge in [-0.3, -0.25) is 4.40 Å². The molecule has 7 nitrogen and oxygen atoms in total. The van der Waals surface area contributed by atoms with Crippen molar-refractivity contribution in [3.63, 3.8) is 0 Å². The molecule has 1 fully saturated rings. The van der Waals surface area contributed by atoms with Gasteiger partial charge in [0.15, 0.2) is 5.65 Å². The van der Waals surface area contributed by atoms with Gasteiger partial charge in [-0.2, -0.15) is 0 Å². The SMILES string of the molecule is C[C@H]1CCN(C(=O)N(C)C)C[C@H]1c1ncc2cnc3[nH]ccc3n12. The van der Waals surface area contributed by atoms with Crippen LogP contribution < -0.4 is 0 Å². The lowest BCUT2D eigenvalue weighted by Crippen LogP contribution is -2.46. The lowest BCUT2D eigenvalue weighted by atomic mass is 9.86. The summed E-state index contributed by atoms with van der Waals surface area (Å²) in [7, 11) is 3.60. The number of aromatic nitrogens is 4. The number of nitrogens with one attached hydrogen (secondary N) is 1. The largest absolute Gasteiger partial charge is 0.345 e. The fourth-order valence-electron chi connectivity index (χ4n) is 3.62. The summed E-state index contributed by atoms with van der Waals surface area (Å²) in [6.45, 7) is 3.75. The molecule has 0 unspecified atom stereocenters. The smallest absolute Gasteiger partial charge is 0.319 e. The van der Waals surface area contributed by atoms with Gasteiger partial charge >= 0.3 is 6.03 Å². The van der Waals surface area contributed by atoms with Gasteiger partial charge in [0, 0.05) is 39.3 Å². The number of urea groups is 1. The zero-order valence-corrected chi connectivity index (χ0v) is 14.2.